The summed E-state index contributed by atoms with van der Waals surface area (Å²) in [4.78, 5) is 39.2. The number of nitrogens with zero attached hydrogens (tertiary/aromatic N) is 3. The summed E-state index contributed by atoms with van der Waals surface area (Å²) >= 11 is 0. The number of nitrogens with one attached hydrogen (secondary N) is 2. The molecule has 2 N–H and O–H groups in total. The number of aryl methyl sites for hydroxylation is 2. The van der Waals surface area contributed by atoms with Crippen molar-refractivity contribution >= 4 is 27.9 Å². The number of hydrogen-bond donors (Lipinski definition) is 2. The Labute approximate surface area is 169 Å². The van der Waals surface area contributed by atoms with Gasteiger partial charge in [0.2, 0.25) is 0 Å². The van der Waals surface area contributed by atoms with Crippen LogP contribution in [0.5, 0.6) is 0 Å². The number of ether oxygens (including phenoxy) is 1. The van der Waals surface area contributed by atoms with Gasteiger partial charge in [-0.1, -0.05) is 6.92 Å². The molecule has 12 heteroatoms. The van der Waals surface area contributed by atoms with Crippen molar-refractivity contribution in [3.05, 3.63) is 12.0 Å². The van der Waals surface area contributed by atoms with Crippen molar-refractivity contribution in [3.63, 3.8) is 0 Å². The number of imidazole rings is 1. The highest BCUT2D eigenvalue weighted by Crippen LogP contribution is 2.24. The highest BCUT2D eigenvalue weighted by atomic mass is 32.2. The molecule has 162 valence electrons. The Balaban J connectivity index is 1.80. The first-order chi connectivity index (χ1) is 13.6. The van der Waals surface area contributed by atoms with Gasteiger partial charge in [0.1, 0.15) is 5.82 Å². The first-order valence-corrected chi connectivity index (χ1v) is 10.8. The van der Waals surface area contributed by atoms with E-state index in [0.717, 1.165) is 6.42 Å². The van der Waals surface area contributed by atoms with Crippen molar-refractivity contribution in [2.45, 2.75) is 38.1 Å². The third kappa shape index (κ3) is 6.00. The smallest absolute Gasteiger partial charge is 0.321 e. The van der Waals surface area contributed by atoms with Gasteiger partial charge in [0.15, 0.2) is 11.6 Å². The van der Waals surface area contributed by atoms with E-state index in [-0.39, 0.29) is 31.0 Å². The first kappa shape index (κ1) is 22.8. The molecule has 29 heavy (non-hydrogen) atoms. The third-order valence-corrected chi connectivity index (χ3v) is 6.38. The number of piperidine rings is 1. The van der Waals surface area contributed by atoms with Crippen LogP contribution in [-0.2, 0) is 31.4 Å². The Morgan fingerprint density at radius 1 is 1.28 bits per heavy atom. The number of amides is 3. The van der Waals surface area contributed by atoms with Gasteiger partial charge in [-0.3, -0.25) is 14.9 Å². The predicted molar refractivity (Wildman–Crippen MR) is 102 cm³/mol. The van der Waals surface area contributed by atoms with Crippen molar-refractivity contribution < 1.29 is 27.5 Å². The summed E-state index contributed by atoms with van der Waals surface area (Å²) in [5.74, 6) is -1.23. The molecule has 3 amide bonds. The Morgan fingerprint density at radius 2 is 1.93 bits per heavy atom. The van der Waals surface area contributed by atoms with Crippen LogP contribution in [0, 0.1) is 12.8 Å². The standard InChI is InChI=1S/C17H27N5O6S/c1-4-7-18-17(25)20-14(23)11-28-16(24)13-5-8-22(9-6-13)29(26,27)15-10-21(3)12(2)19-15/h10,13H,4-9,11H2,1-3H3,(H2,18,20,23,25). The number of rotatable bonds is 7. The quantitative estimate of drug-likeness (QED) is 0.577. The molecule has 0 bridgehead atoms. The lowest BCUT2D eigenvalue weighted by Gasteiger charge is -2.29. The van der Waals surface area contributed by atoms with Crippen LogP contribution in [0.2, 0.25) is 0 Å². The maximum Gasteiger partial charge on any atom is 0.321 e. The predicted octanol–water partition coefficient (Wildman–Crippen LogP) is -0.0918. The van der Waals surface area contributed by atoms with Crippen LogP contribution >= 0.6 is 0 Å². The lowest BCUT2D eigenvalue weighted by Crippen LogP contribution is -2.43. The summed E-state index contributed by atoms with van der Waals surface area (Å²) < 4.78 is 33.2. The summed E-state index contributed by atoms with van der Waals surface area (Å²) in [7, 11) is -2.00. The van der Waals surface area contributed by atoms with E-state index in [2.05, 4.69) is 15.6 Å². The number of sulfonamides is 1. The normalized spacial score (nSPS) is 15.7. The fourth-order valence-corrected chi connectivity index (χ4v) is 4.31. The van der Waals surface area contributed by atoms with E-state index in [1.165, 1.54) is 10.5 Å². The molecule has 1 aliphatic rings. The molecule has 2 heterocycles. The van der Waals surface area contributed by atoms with Crippen molar-refractivity contribution in [1.29, 1.82) is 0 Å². The number of carbonyl (C=O) groups excluding carboxylic acids is 3. The Kier molecular flexibility index (Phi) is 7.73. The molecule has 0 unspecified atom stereocenters. The van der Waals surface area contributed by atoms with E-state index < -0.39 is 40.5 Å². The SMILES string of the molecule is CCCNC(=O)NC(=O)COC(=O)C1CCN(S(=O)(=O)c2cn(C)c(C)n2)CC1. The van der Waals surface area contributed by atoms with E-state index in [9.17, 15) is 22.8 Å². The van der Waals surface area contributed by atoms with E-state index in [4.69, 9.17) is 4.74 Å². The fourth-order valence-electron chi connectivity index (χ4n) is 2.81. The van der Waals surface area contributed by atoms with Crippen LogP contribution in [0.3, 0.4) is 0 Å². The topological polar surface area (TPSA) is 140 Å². The molecule has 0 aliphatic carbocycles. The van der Waals surface area contributed by atoms with Crippen molar-refractivity contribution in [2.24, 2.45) is 13.0 Å². The fraction of sp³-hybridized carbons (Fsp3) is 0.647. The van der Waals surface area contributed by atoms with Crippen LogP contribution in [0.1, 0.15) is 32.0 Å². The summed E-state index contributed by atoms with van der Waals surface area (Å²) in [6.07, 6.45) is 2.75. The minimum absolute atomic E-state index is 0.0171. The molecule has 1 saturated heterocycles. The van der Waals surface area contributed by atoms with E-state index in [1.807, 2.05) is 6.92 Å². The van der Waals surface area contributed by atoms with Gasteiger partial charge >= 0.3 is 12.0 Å². The van der Waals surface area contributed by atoms with Gasteiger partial charge in [0.25, 0.3) is 15.9 Å². The number of esters is 1. The average molecular weight is 429 g/mol. The molecule has 11 nitrogen and oxygen atoms in total. The molecule has 2 rings (SSSR count). The van der Waals surface area contributed by atoms with E-state index in [0.29, 0.717) is 12.4 Å². The highest BCUT2D eigenvalue weighted by molar-refractivity contribution is 7.89. The van der Waals surface area contributed by atoms with E-state index >= 15 is 0 Å². The molecule has 1 aromatic rings. The number of imide groups is 1. The first-order valence-electron chi connectivity index (χ1n) is 9.39. The zero-order chi connectivity index (χ0) is 21.6. The summed E-state index contributed by atoms with van der Waals surface area (Å²) in [5.41, 5.74) is 0. The summed E-state index contributed by atoms with van der Waals surface area (Å²) in [6, 6.07) is -0.642. The monoisotopic (exact) mass is 429 g/mol. The van der Waals surface area contributed by atoms with Crippen LogP contribution in [-0.4, -0.2) is 66.4 Å². The zero-order valence-electron chi connectivity index (χ0n) is 16.8. The zero-order valence-corrected chi connectivity index (χ0v) is 17.6. The van der Waals surface area contributed by atoms with Gasteiger partial charge in [0.05, 0.1) is 5.92 Å². The maximum absolute atomic E-state index is 12.7. The maximum atomic E-state index is 12.7. The molecule has 0 atom stereocenters. The molecule has 1 aromatic heterocycles. The van der Waals surface area contributed by atoms with Gasteiger partial charge in [0, 0.05) is 32.9 Å². The van der Waals surface area contributed by atoms with Crippen LogP contribution in [0.25, 0.3) is 0 Å². The molecule has 1 fully saturated rings. The largest absolute Gasteiger partial charge is 0.455 e. The van der Waals surface area contributed by atoms with Crippen molar-refractivity contribution in [1.82, 2.24) is 24.5 Å². The molecule has 0 radical (unpaired) electrons. The Bertz CT molecular complexity index is 838. The minimum atomic E-state index is -3.72. The molecule has 0 aromatic carbocycles. The molecular formula is C17H27N5O6S. The second-order valence-corrected chi connectivity index (χ2v) is 8.71. The van der Waals surface area contributed by atoms with Crippen LogP contribution < -0.4 is 10.6 Å². The van der Waals surface area contributed by atoms with Crippen molar-refractivity contribution in [3.8, 4) is 0 Å². The van der Waals surface area contributed by atoms with Crippen LogP contribution in [0.15, 0.2) is 11.2 Å². The van der Waals surface area contributed by atoms with E-state index in [1.54, 1.807) is 18.5 Å². The molecule has 0 saturated carbocycles. The minimum Gasteiger partial charge on any atom is -0.455 e. The second-order valence-electron chi connectivity index (χ2n) is 6.83. The number of carbonyl (C=O) groups is 3. The summed E-state index contributed by atoms with van der Waals surface area (Å²) in [6.45, 7) is 3.76. The summed E-state index contributed by atoms with van der Waals surface area (Å²) in [5, 5.41) is 4.52. The van der Waals surface area contributed by atoms with Gasteiger partial charge in [-0.25, -0.2) is 18.2 Å². The number of urea groups is 1. The van der Waals surface area contributed by atoms with Gasteiger partial charge < -0.3 is 14.6 Å². The third-order valence-electron chi connectivity index (χ3n) is 4.61. The van der Waals surface area contributed by atoms with Gasteiger partial charge in [-0.05, 0) is 26.2 Å². The molecule has 1 aliphatic heterocycles. The van der Waals surface area contributed by atoms with Crippen molar-refractivity contribution in [2.75, 3.05) is 26.2 Å². The molecule has 0 spiro atoms. The molecular weight excluding hydrogens is 402 g/mol. The Morgan fingerprint density at radius 3 is 2.48 bits per heavy atom. The lowest BCUT2D eigenvalue weighted by atomic mass is 9.98. The average Bonchev–Trinajstić information content (AvgIpc) is 3.04. The highest BCUT2D eigenvalue weighted by Gasteiger charge is 2.34. The Hall–Kier alpha value is -2.47. The number of aromatic nitrogens is 2. The van der Waals surface area contributed by atoms with Gasteiger partial charge in [-0.2, -0.15) is 4.31 Å². The van der Waals surface area contributed by atoms with Gasteiger partial charge in [-0.15, -0.1) is 0 Å². The number of hydrogen-bond acceptors (Lipinski definition) is 7. The van der Waals surface area contributed by atoms with Crippen LogP contribution in [0.4, 0.5) is 4.79 Å². The second kappa shape index (κ2) is 9.83. The lowest BCUT2D eigenvalue weighted by molar-refractivity contribution is -0.153.